The molecular weight excluding hydrogens is 292 g/mol. The lowest BCUT2D eigenvalue weighted by Crippen LogP contribution is -2.53. The molecule has 0 radical (unpaired) electrons. The Morgan fingerprint density at radius 2 is 2.17 bits per heavy atom. The predicted octanol–water partition coefficient (Wildman–Crippen LogP) is 1.05. The summed E-state index contributed by atoms with van der Waals surface area (Å²) < 4.78 is 5.72. The molecule has 2 saturated heterocycles. The topological polar surface area (TPSA) is 58.6 Å². The van der Waals surface area contributed by atoms with Crippen LogP contribution < -0.4 is 0 Å². The van der Waals surface area contributed by atoms with Gasteiger partial charge >= 0.3 is 0 Å². The molecule has 3 heterocycles. The zero-order valence-electron chi connectivity index (χ0n) is 13.6. The summed E-state index contributed by atoms with van der Waals surface area (Å²) in [5.74, 6) is 1.30. The molecule has 0 aromatic carbocycles. The van der Waals surface area contributed by atoms with Crippen LogP contribution in [0.25, 0.3) is 0 Å². The van der Waals surface area contributed by atoms with Crippen LogP contribution in [0.4, 0.5) is 0 Å². The van der Waals surface area contributed by atoms with Gasteiger partial charge in [0.05, 0.1) is 18.3 Å². The maximum atomic E-state index is 12.8. The van der Waals surface area contributed by atoms with Gasteiger partial charge in [-0.05, 0) is 25.2 Å². The van der Waals surface area contributed by atoms with Crippen LogP contribution >= 0.6 is 0 Å². The Morgan fingerprint density at radius 1 is 1.30 bits per heavy atom. The molecule has 1 aliphatic carbocycles. The Kier molecular flexibility index (Phi) is 4.03. The normalized spacial score (nSPS) is 31.2. The number of nitrogens with zero attached hydrogens (tertiary/aromatic N) is 4. The molecule has 1 aromatic rings. The number of ether oxygens (including phenoxy) is 1. The molecule has 3 atom stereocenters. The first-order chi connectivity index (χ1) is 11.3. The third kappa shape index (κ3) is 2.97. The molecule has 0 bridgehead atoms. The van der Waals surface area contributed by atoms with Crippen molar-refractivity contribution < 1.29 is 9.53 Å². The second kappa shape index (κ2) is 6.17. The van der Waals surface area contributed by atoms with Gasteiger partial charge in [0.25, 0.3) is 5.91 Å². The van der Waals surface area contributed by atoms with E-state index in [0.29, 0.717) is 11.6 Å². The maximum Gasteiger partial charge on any atom is 0.274 e. The Bertz CT molecular complexity index is 563. The van der Waals surface area contributed by atoms with Crippen LogP contribution in [-0.2, 0) is 4.74 Å². The average molecular weight is 316 g/mol. The highest BCUT2D eigenvalue weighted by Crippen LogP contribution is 2.36. The lowest BCUT2D eigenvalue weighted by atomic mass is 9.89. The molecule has 0 spiro atoms. The first-order valence-electron chi connectivity index (χ1n) is 8.58. The molecule has 6 nitrogen and oxygen atoms in total. The van der Waals surface area contributed by atoms with Gasteiger partial charge in [0.2, 0.25) is 0 Å². The summed E-state index contributed by atoms with van der Waals surface area (Å²) in [5.41, 5.74) is 0.447. The molecule has 1 amide bonds. The minimum Gasteiger partial charge on any atom is -0.381 e. The van der Waals surface area contributed by atoms with Gasteiger partial charge in [-0.15, -0.1) is 0 Å². The van der Waals surface area contributed by atoms with Crippen molar-refractivity contribution in [2.24, 2.45) is 11.8 Å². The predicted molar refractivity (Wildman–Crippen MR) is 84.9 cm³/mol. The van der Waals surface area contributed by atoms with Crippen molar-refractivity contribution in [1.82, 2.24) is 19.8 Å². The van der Waals surface area contributed by atoms with Crippen LogP contribution in [-0.4, -0.2) is 71.1 Å². The molecular formula is C17H24N4O2. The monoisotopic (exact) mass is 316 g/mol. The van der Waals surface area contributed by atoms with Crippen LogP contribution in [0.2, 0.25) is 0 Å². The van der Waals surface area contributed by atoms with E-state index in [1.807, 2.05) is 4.90 Å². The number of methoxy groups -OCH3 is 1. The first kappa shape index (κ1) is 15.0. The van der Waals surface area contributed by atoms with E-state index < -0.39 is 0 Å². The van der Waals surface area contributed by atoms with Gasteiger partial charge in [-0.25, -0.2) is 4.98 Å². The molecule has 6 heteroatoms. The van der Waals surface area contributed by atoms with Crippen LogP contribution in [0, 0.1) is 11.8 Å². The second-order valence-corrected chi connectivity index (χ2v) is 7.05. The minimum atomic E-state index is 0.0101. The van der Waals surface area contributed by atoms with Gasteiger partial charge < -0.3 is 14.5 Å². The summed E-state index contributed by atoms with van der Waals surface area (Å²) in [4.78, 5) is 25.6. The van der Waals surface area contributed by atoms with Gasteiger partial charge in [-0.1, -0.05) is 0 Å². The lowest BCUT2D eigenvalue weighted by molar-refractivity contribution is -0.0158. The third-order valence-electron chi connectivity index (χ3n) is 5.50. The van der Waals surface area contributed by atoms with E-state index in [1.54, 1.807) is 25.7 Å². The summed E-state index contributed by atoms with van der Waals surface area (Å²) >= 11 is 0. The standard InChI is InChI=1S/C17H24N4O2/c1-23-16-4-7-21(17(22)14-8-18-5-6-19-14)15-11-20(10-13(15)16)9-12-2-3-12/h5-6,8,12-13,15-16H,2-4,7,9-11H2,1H3/t13-,15+,16-/m1/s1. The molecule has 2 aliphatic heterocycles. The third-order valence-corrected chi connectivity index (χ3v) is 5.50. The van der Waals surface area contributed by atoms with E-state index in [4.69, 9.17) is 4.74 Å². The van der Waals surface area contributed by atoms with Crippen molar-refractivity contribution in [2.75, 3.05) is 33.3 Å². The second-order valence-electron chi connectivity index (χ2n) is 7.05. The summed E-state index contributed by atoms with van der Waals surface area (Å²) in [6.45, 7) is 3.93. The number of rotatable bonds is 4. The van der Waals surface area contributed by atoms with Crippen molar-refractivity contribution in [3.8, 4) is 0 Å². The summed E-state index contributed by atoms with van der Waals surface area (Å²) in [5, 5.41) is 0. The van der Waals surface area contributed by atoms with Crippen LogP contribution in [0.5, 0.6) is 0 Å². The molecule has 124 valence electrons. The SMILES string of the molecule is CO[C@@H]1CCN(C(=O)c2cnccn2)[C@H]2CN(CC3CC3)C[C@@H]12. The lowest BCUT2D eigenvalue weighted by Gasteiger charge is -2.40. The Morgan fingerprint density at radius 3 is 2.87 bits per heavy atom. The van der Waals surface area contributed by atoms with Gasteiger partial charge in [-0.3, -0.25) is 9.78 Å². The number of amides is 1. The molecule has 1 aromatic heterocycles. The van der Waals surface area contributed by atoms with Crippen molar-refractivity contribution >= 4 is 5.91 Å². The fourth-order valence-corrected chi connectivity index (χ4v) is 4.15. The van der Waals surface area contributed by atoms with Gasteiger partial charge in [0.1, 0.15) is 5.69 Å². The summed E-state index contributed by atoms with van der Waals surface area (Å²) in [6.07, 6.45) is 8.64. The molecule has 3 aliphatic rings. The van der Waals surface area contributed by atoms with Crippen LogP contribution in [0.3, 0.4) is 0 Å². The smallest absolute Gasteiger partial charge is 0.274 e. The molecule has 1 saturated carbocycles. The van der Waals surface area contributed by atoms with E-state index in [-0.39, 0.29) is 18.1 Å². The van der Waals surface area contributed by atoms with Gasteiger partial charge in [0.15, 0.2) is 0 Å². The largest absolute Gasteiger partial charge is 0.381 e. The zero-order chi connectivity index (χ0) is 15.8. The summed E-state index contributed by atoms with van der Waals surface area (Å²) in [7, 11) is 1.80. The first-order valence-corrected chi connectivity index (χ1v) is 8.58. The highest BCUT2D eigenvalue weighted by atomic mass is 16.5. The number of likely N-dealkylation sites (tertiary alicyclic amines) is 2. The number of aromatic nitrogens is 2. The van der Waals surface area contributed by atoms with E-state index in [1.165, 1.54) is 19.4 Å². The number of carbonyl (C=O) groups is 1. The molecule has 23 heavy (non-hydrogen) atoms. The number of hydrogen-bond donors (Lipinski definition) is 0. The van der Waals surface area contributed by atoms with Gasteiger partial charge in [0, 0.05) is 51.6 Å². The maximum absolute atomic E-state index is 12.8. The van der Waals surface area contributed by atoms with Gasteiger partial charge in [-0.2, -0.15) is 0 Å². The molecule has 0 N–H and O–H groups in total. The van der Waals surface area contributed by atoms with Crippen LogP contribution in [0.15, 0.2) is 18.6 Å². The van der Waals surface area contributed by atoms with E-state index in [0.717, 1.165) is 32.0 Å². The Labute approximate surface area is 136 Å². The fourth-order valence-electron chi connectivity index (χ4n) is 4.15. The number of hydrogen-bond acceptors (Lipinski definition) is 5. The van der Waals surface area contributed by atoms with E-state index in [9.17, 15) is 4.79 Å². The Hall–Kier alpha value is -1.53. The van der Waals surface area contributed by atoms with Crippen molar-refractivity contribution in [3.63, 3.8) is 0 Å². The van der Waals surface area contributed by atoms with Crippen LogP contribution in [0.1, 0.15) is 29.8 Å². The minimum absolute atomic E-state index is 0.0101. The molecule has 3 fully saturated rings. The fraction of sp³-hybridized carbons (Fsp3) is 0.706. The highest BCUT2D eigenvalue weighted by Gasteiger charge is 2.47. The number of piperidine rings is 1. The summed E-state index contributed by atoms with van der Waals surface area (Å²) in [6, 6.07) is 0.238. The quantitative estimate of drug-likeness (QED) is 0.831. The highest BCUT2D eigenvalue weighted by molar-refractivity contribution is 5.92. The van der Waals surface area contributed by atoms with Crippen molar-refractivity contribution in [1.29, 1.82) is 0 Å². The average Bonchev–Trinajstić information content (AvgIpc) is 3.30. The molecule has 4 rings (SSSR count). The number of carbonyl (C=O) groups excluding carboxylic acids is 1. The zero-order valence-corrected chi connectivity index (χ0v) is 13.6. The van der Waals surface area contributed by atoms with Crippen molar-refractivity contribution in [2.45, 2.75) is 31.4 Å². The van der Waals surface area contributed by atoms with E-state index >= 15 is 0 Å². The van der Waals surface area contributed by atoms with E-state index in [2.05, 4.69) is 14.9 Å². The Balaban J connectivity index is 1.52. The van der Waals surface area contributed by atoms with Crippen molar-refractivity contribution in [3.05, 3.63) is 24.3 Å². The molecule has 0 unspecified atom stereocenters. The number of fused-ring (bicyclic) bond motifs is 1.